The average molecular weight is 398 g/mol. The SMILES string of the molecule is COc1c([N+](=O)[O-])cc([N+](=O)[O-])cc1[C@]12CCN(C(C)=O)[C@H]1Nc1ccccc12. The van der Waals surface area contributed by atoms with Gasteiger partial charge in [-0.1, -0.05) is 18.2 Å². The van der Waals surface area contributed by atoms with E-state index in [2.05, 4.69) is 5.32 Å². The number of carbonyl (C=O) groups is 1. The van der Waals surface area contributed by atoms with Crippen LogP contribution in [0.3, 0.4) is 0 Å². The molecule has 0 bridgehead atoms. The van der Waals surface area contributed by atoms with Crippen LogP contribution in [0.1, 0.15) is 24.5 Å². The number of non-ortho nitro benzene ring substituents is 1. The molecule has 1 N–H and O–H groups in total. The van der Waals surface area contributed by atoms with Gasteiger partial charge in [0.2, 0.25) is 11.7 Å². The number of nitrogens with one attached hydrogen (secondary N) is 1. The van der Waals surface area contributed by atoms with E-state index in [4.69, 9.17) is 4.74 Å². The Kier molecular flexibility index (Phi) is 4.14. The Morgan fingerprint density at radius 2 is 1.93 bits per heavy atom. The van der Waals surface area contributed by atoms with Gasteiger partial charge in [0.05, 0.1) is 28.4 Å². The first-order valence-electron chi connectivity index (χ1n) is 8.95. The van der Waals surface area contributed by atoms with Crippen LogP contribution in [-0.4, -0.2) is 40.5 Å². The zero-order valence-corrected chi connectivity index (χ0v) is 15.7. The monoisotopic (exact) mass is 398 g/mol. The first kappa shape index (κ1) is 18.7. The minimum Gasteiger partial charge on any atom is -0.490 e. The second-order valence-corrected chi connectivity index (χ2v) is 7.09. The van der Waals surface area contributed by atoms with Crippen molar-refractivity contribution in [1.29, 1.82) is 0 Å². The maximum atomic E-state index is 12.3. The number of benzene rings is 2. The molecule has 0 unspecified atom stereocenters. The van der Waals surface area contributed by atoms with Crippen LogP contribution >= 0.6 is 0 Å². The number of rotatable bonds is 4. The summed E-state index contributed by atoms with van der Waals surface area (Å²) in [6, 6.07) is 9.62. The Hall–Kier alpha value is -3.69. The van der Waals surface area contributed by atoms with E-state index in [1.165, 1.54) is 20.1 Å². The molecule has 2 aliphatic heterocycles. The molecule has 2 aromatic carbocycles. The highest BCUT2D eigenvalue weighted by Gasteiger charge is 2.57. The van der Waals surface area contributed by atoms with Crippen molar-refractivity contribution in [2.24, 2.45) is 0 Å². The Balaban J connectivity index is 2.07. The quantitative estimate of drug-likeness (QED) is 0.619. The van der Waals surface area contributed by atoms with E-state index in [0.717, 1.165) is 17.3 Å². The lowest BCUT2D eigenvalue weighted by Gasteiger charge is -2.33. The fourth-order valence-electron chi connectivity index (χ4n) is 4.61. The lowest BCUT2D eigenvalue weighted by molar-refractivity contribution is -0.394. The van der Waals surface area contributed by atoms with Crippen LogP contribution in [0.15, 0.2) is 36.4 Å². The second kappa shape index (κ2) is 6.43. The number of hydrogen-bond donors (Lipinski definition) is 1. The van der Waals surface area contributed by atoms with Gasteiger partial charge in [0.1, 0.15) is 6.17 Å². The van der Waals surface area contributed by atoms with E-state index in [0.29, 0.717) is 18.5 Å². The van der Waals surface area contributed by atoms with E-state index in [1.54, 1.807) is 4.90 Å². The minimum atomic E-state index is -0.912. The highest BCUT2D eigenvalue weighted by atomic mass is 16.6. The average Bonchev–Trinajstić information content (AvgIpc) is 3.21. The number of methoxy groups -OCH3 is 1. The van der Waals surface area contributed by atoms with Gasteiger partial charge in [-0.25, -0.2) is 0 Å². The number of hydrogen-bond acceptors (Lipinski definition) is 7. The zero-order chi connectivity index (χ0) is 20.9. The molecule has 2 aliphatic rings. The summed E-state index contributed by atoms with van der Waals surface area (Å²) in [4.78, 5) is 35.7. The van der Waals surface area contributed by atoms with E-state index in [9.17, 15) is 25.0 Å². The van der Waals surface area contributed by atoms with Gasteiger partial charge in [0.15, 0.2) is 0 Å². The summed E-state index contributed by atoms with van der Waals surface area (Å²) >= 11 is 0. The smallest absolute Gasteiger partial charge is 0.318 e. The maximum Gasteiger partial charge on any atom is 0.318 e. The fraction of sp³-hybridized carbons (Fsp3) is 0.316. The Morgan fingerprint density at radius 3 is 2.55 bits per heavy atom. The molecule has 0 saturated carbocycles. The van der Waals surface area contributed by atoms with Crippen molar-refractivity contribution in [2.45, 2.75) is 24.9 Å². The molecule has 10 nitrogen and oxygen atoms in total. The number of likely N-dealkylation sites (tertiary alicyclic amines) is 1. The molecule has 0 aliphatic carbocycles. The molecule has 2 aromatic rings. The molecule has 1 amide bonds. The van der Waals surface area contributed by atoms with Crippen LogP contribution in [0.2, 0.25) is 0 Å². The van der Waals surface area contributed by atoms with Gasteiger partial charge in [-0.15, -0.1) is 0 Å². The highest BCUT2D eigenvalue weighted by molar-refractivity contribution is 5.79. The first-order chi connectivity index (χ1) is 13.8. The highest BCUT2D eigenvalue weighted by Crippen LogP contribution is 2.56. The van der Waals surface area contributed by atoms with Crippen molar-refractivity contribution in [3.05, 3.63) is 67.8 Å². The van der Waals surface area contributed by atoms with E-state index >= 15 is 0 Å². The molecule has 2 heterocycles. The number of nitrogens with zero attached hydrogens (tertiary/aromatic N) is 3. The molecule has 0 radical (unpaired) electrons. The molecule has 29 heavy (non-hydrogen) atoms. The number of amides is 1. The summed E-state index contributed by atoms with van der Waals surface area (Å²) in [5.41, 5.74) is 0.139. The molecule has 150 valence electrons. The number of nitro benzene ring substituents is 2. The van der Waals surface area contributed by atoms with Gasteiger partial charge in [0.25, 0.3) is 5.69 Å². The summed E-state index contributed by atoms with van der Waals surface area (Å²) in [7, 11) is 1.30. The molecular formula is C19H18N4O6. The van der Waals surface area contributed by atoms with Gasteiger partial charge < -0.3 is 15.0 Å². The van der Waals surface area contributed by atoms with E-state index in [1.807, 2.05) is 24.3 Å². The summed E-state index contributed by atoms with van der Waals surface area (Å²) in [5.74, 6) is -0.189. The molecule has 10 heteroatoms. The van der Waals surface area contributed by atoms with E-state index < -0.39 is 32.8 Å². The van der Waals surface area contributed by atoms with Crippen LogP contribution < -0.4 is 10.1 Å². The molecule has 1 saturated heterocycles. The van der Waals surface area contributed by atoms with Gasteiger partial charge in [0, 0.05) is 30.8 Å². The van der Waals surface area contributed by atoms with Gasteiger partial charge in [-0.3, -0.25) is 25.0 Å². The lowest BCUT2D eigenvalue weighted by Crippen LogP contribution is -2.46. The molecule has 4 rings (SSSR count). The third kappa shape index (κ3) is 2.52. The van der Waals surface area contributed by atoms with Gasteiger partial charge in [-0.05, 0) is 18.1 Å². The number of carbonyl (C=O) groups excluding carboxylic acids is 1. The molecule has 1 fully saturated rings. The third-order valence-electron chi connectivity index (χ3n) is 5.78. The fourth-order valence-corrected chi connectivity index (χ4v) is 4.61. The molecule has 0 spiro atoms. The van der Waals surface area contributed by atoms with Crippen molar-refractivity contribution in [1.82, 2.24) is 4.90 Å². The topological polar surface area (TPSA) is 128 Å². The normalized spacial score (nSPS) is 21.9. The Labute approximate surface area is 165 Å². The maximum absolute atomic E-state index is 12.3. The number of anilines is 1. The second-order valence-electron chi connectivity index (χ2n) is 7.09. The van der Waals surface area contributed by atoms with E-state index in [-0.39, 0.29) is 11.7 Å². The lowest BCUT2D eigenvalue weighted by atomic mass is 9.72. The number of para-hydroxylation sites is 1. The van der Waals surface area contributed by atoms with Crippen LogP contribution in [0, 0.1) is 20.2 Å². The van der Waals surface area contributed by atoms with Crippen molar-refractivity contribution in [3.8, 4) is 5.75 Å². The Morgan fingerprint density at radius 1 is 1.21 bits per heavy atom. The summed E-state index contributed by atoms with van der Waals surface area (Å²) in [5, 5.41) is 26.5. The molecular weight excluding hydrogens is 380 g/mol. The summed E-state index contributed by atoms with van der Waals surface area (Å²) in [6.45, 7) is 1.86. The van der Waals surface area contributed by atoms with Crippen molar-refractivity contribution in [3.63, 3.8) is 0 Å². The largest absolute Gasteiger partial charge is 0.490 e. The first-order valence-corrected chi connectivity index (χ1v) is 8.95. The van der Waals surface area contributed by atoms with Crippen LogP contribution in [0.5, 0.6) is 5.75 Å². The number of fused-ring (bicyclic) bond motifs is 3. The molecule has 2 atom stereocenters. The van der Waals surface area contributed by atoms with Crippen molar-refractivity contribution >= 4 is 23.0 Å². The predicted molar refractivity (Wildman–Crippen MR) is 103 cm³/mol. The predicted octanol–water partition coefficient (Wildman–Crippen LogP) is 2.80. The Bertz CT molecular complexity index is 1050. The van der Waals surface area contributed by atoms with Crippen LogP contribution in [0.25, 0.3) is 0 Å². The zero-order valence-electron chi connectivity index (χ0n) is 15.7. The summed E-state index contributed by atoms with van der Waals surface area (Å²) in [6.07, 6.45) is -0.0939. The molecule has 0 aromatic heterocycles. The minimum absolute atomic E-state index is 0.0329. The van der Waals surface area contributed by atoms with Crippen LogP contribution in [-0.2, 0) is 10.2 Å². The number of ether oxygens (including phenoxy) is 1. The number of nitro groups is 2. The summed E-state index contributed by atoms with van der Waals surface area (Å²) < 4.78 is 5.40. The standard InChI is InChI=1S/C19H18N4O6/c1-11(24)21-8-7-19(13-5-3-4-6-15(13)20-18(19)21)14-9-12(22(25)26)10-16(23(27)28)17(14)29-2/h3-6,9-10,18,20H,7-8H2,1-2H3/t18-,19-/m1/s1. The third-order valence-corrected chi connectivity index (χ3v) is 5.78. The van der Waals surface area contributed by atoms with Crippen molar-refractivity contribution < 1.29 is 19.4 Å². The van der Waals surface area contributed by atoms with Crippen molar-refractivity contribution in [2.75, 3.05) is 19.0 Å². The van der Waals surface area contributed by atoms with Crippen LogP contribution in [0.4, 0.5) is 17.1 Å². The van der Waals surface area contributed by atoms with Gasteiger partial charge in [-0.2, -0.15) is 0 Å². The van der Waals surface area contributed by atoms with Gasteiger partial charge >= 0.3 is 5.69 Å².